The van der Waals surface area contributed by atoms with Gasteiger partial charge >= 0.3 is 12.1 Å². The van der Waals surface area contributed by atoms with E-state index in [1.165, 1.54) is 0 Å². The second-order valence-corrected chi connectivity index (χ2v) is 6.86. The van der Waals surface area contributed by atoms with Gasteiger partial charge in [0, 0.05) is 4.47 Å². The number of fused-ring (bicyclic) bond motifs is 1. The van der Waals surface area contributed by atoms with E-state index < -0.39 is 35.7 Å². The van der Waals surface area contributed by atoms with Crippen LogP contribution in [0.3, 0.4) is 0 Å². The van der Waals surface area contributed by atoms with E-state index in [2.05, 4.69) is 31.4 Å². The number of hydrogen-bond donors (Lipinski definition) is 2. The fourth-order valence-electron chi connectivity index (χ4n) is 3.10. The van der Waals surface area contributed by atoms with Crippen molar-refractivity contribution in [3.05, 3.63) is 40.1 Å². The summed E-state index contributed by atoms with van der Waals surface area (Å²) < 4.78 is 45.7. The van der Waals surface area contributed by atoms with Crippen molar-refractivity contribution < 1.29 is 27.8 Å². The lowest BCUT2D eigenvalue weighted by Crippen LogP contribution is -2.52. The van der Waals surface area contributed by atoms with Crippen molar-refractivity contribution >= 4 is 27.8 Å². The molecule has 0 saturated carbocycles. The molecule has 1 aromatic carbocycles. The standard InChI is InChI=1S/C15H14BrF3N4O3/c1-14(25)9(11(24)26-2)10(7-3-5-8(16)6-4-7)20-13-22-21-12(23(13)14)15(17,18)19/h3-6,9-10,25H,1-2H3,(H,20,22)/t9-,10+,14-/m0/s1. The van der Waals surface area contributed by atoms with E-state index in [-0.39, 0.29) is 5.95 Å². The fourth-order valence-corrected chi connectivity index (χ4v) is 3.36. The summed E-state index contributed by atoms with van der Waals surface area (Å²) in [5.41, 5.74) is -1.72. The Bertz CT molecular complexity index is 836. The monoisotopic (exact) mass is 434 g/mol. The number of anilines is 1. The number of alkyl halides is 3. The molecule has 2 N–H and O–H groups in total. The molecule has 2 aromatic rings. The Labute approximate surface area is 154 Å². The molecule has 26 heavy (non-hydrogen) atoms. The van der Waals surface area contributed by atoms with Crippen LogP contribution < -0.4 is 5.32 Å². The van der Waals surface area contributed by atoms with E-state index in [0.29, 0.717) is 10.1 Å². The Morgan fingerprint density at radius 1 is 1.35 bits per heavy atom. The third-order valence-corrected chi connectivity index (χ3v) is 4.79. The van der Waals surface area contributed by atoms with Crippen LogP contribution in [0.2, 0.25) is 0 Å². The highest BCUT2D eigenvalue weighted by Crippen LogP contribution is 2.45. The zero-order chi connectivity index (χ0) is 19.3. The summed E-state index contributed by atoms with van der Waals surface area (Å²) in [6.07, 6.45) is -4.86. The molecule has 7 nitrogen and oxygen atoms in total. The highest BCUT2D eigenvalue weighted by Gasteiger charge is 2.55. The van der Waals surface area contributed by atoms with Gasteiger partial charge < -0.3 is 15.2 Å². The van der Waals surface area contributed by atoms with Gasteiger partial charge in [-0.05, 0) is 24.6 Å². The Kier molecular flexibility index (Phi) is 4.47. The number of halogens is 4. The fraction of sp³-hybridized carbons (Fsp3) is 0.400. The van der Waals surface area contributed by atoms with Crippen LogP contribution in [0, 0.1) is 5.92 Å². The lowest BCUT2D eigenvalue weighted by Gasteiger charge is -2.42. The normalized spacial score (nSPS) is 25.3. The summed E-state index contributed by atoms with van der Waals surface area (Å²) in [5.74, 6) is -3.95. The van der Waals surface area contributed by atoms with Crippen molar-refractivity contribution in [2.24, 2.45) is 5.92 Å². The molecule has 0 amide bonds. The molecule has 1 aliphatic heterocycles. The number of aromatic nitrogens is 3. The molecule has 2 heterocycles. The molecule has 11 heteroatoms. The predicted molar refractivity (Wildman–Crippen MR) is 86.9 cm³/mol. The minimum Gasteiger partial charge on any atom is -0.469 e. The lowest BCUT2D eigenvalue weighted by molar-refractivity contribution is -0.179. The number of esters is 1. The van der Waals surface area contributed by atoms with Gasteiger partial charge in [0.1, 0.15) is 5.92 Å². The number of nitrogens with one attached hydrogen (secondary N) is 1. The van der Waals surface area contributed by atoms with Crippen LogP contribution in [0.4, 0.5) is 19.1 Å². The van der Waals surface area contributed by atoms with Crippen LogP contribution in [0.15, 0.2) is 28.7 Å². The average molecular weight is 435 g/mol. The van der Waals surface area contributed by atoms with Gasteiger partial charge in [-0.2, -0.15) is 13.2 Å². The summed E-state index contributed by atoms with van der Waals surface area (Å²) in [6.45, 7) is 1.10. The van der Waals surface area contributed by atoms with Crippen molar-refractivity contribution in [3.63, 3.8) is 0 Å². The molecule has 1 aliphatic rings. The van der Waals surface area contributed by atoms with Crippen molar-refractivity contribution in [1.82, 2.24) is 14.8 Å². The second kappa shape index (κ2) is 6.23. The minimum atomic E-state index is -4.86. The van der Waals surface area contributed by atoms with E-state index in [9.17, 15) is 23.1 Å². The van der Waals surface area contributed by atoms with Crippen molar-refractivity contribution in [1.29, 1.82) is 0 Å². The van der Waals surface area contributed by atoms with Crippen LogP contribution in [0.1, 0.15) is 24.4 Å². The van der Waals surface area contributed by atoms with Gasteiger partial charge in [-0.3, -0.25) is 9.36 Å². The Morgan fingerprint density at radius 3 is 2.50 bits per heavy atom. The van der Waals surface area contributed by atoms with Gasteiger partial charge in [-0.15, -0.1) is 10.2 Å². The van der Waals surface area contributed by atoms with E-state index >= 15 is 0 Å². The first-order valence-corrected chi connectivity index (χ1v) is 8.22. The SMILES string of the molecule is COC(=O)[C@@H]1[C@@H](c2ccc(Br)cc2)Nc2nnc(C(F)(F)F)n2[C@@]1(C)O. The van der Waals surface area contributed by atoms with Gasteiger partial charge in [-0.25, -0.2) is 0 Å². The summed E-state index contributed by atoms with van der Waals surface area (Å²) >= 11 is 3.29. The molecule has 3 atom stereocenters. The zero-order valence-corrected chi connectivity index (χ0v) is 15.2. The zero-order valence-electron chi connectivity index (χ0n) is 13.6. The average Bonchev–Trinajstić information content (AvgIpc) is 2.99. The molecular weight excluding hydrogens is 421 g/mol. The Hall–Kier alpha value is -2.14. The molecule has 1 aromatic heterocycles. The molecule has 0 unspecified atom stereocenters. The molecule has 3 rings (SSSR count). The molecule has 0 fully saturated rings. The summed E-state index contributed by atoms with van der Waals surface area (Å²) in [7, 11) is 1.10. The Morgan fingerprint density at radius 2 is 1.96 bits per heavy atom. The second-order valence-electron chi connectivity index (χ2n) is 5.95. The number of benzene rings is 1. The topological polar surface area (TPSA) is 89.3 Å². The van der Waals surface area contributed by atoms with Crippen LogP contribution in [-0.2, 0) is 21.4 Å². The van der Waals surface area contributed by atoms with Crippen LogP contribution >= 0.6 is 15.9 Å². The summed E-state index contributed by atoms with van der Waals surface area (Å²) in [6, 6.07) is 5.89. The van der Waals surface area contributed by atoms with Gasteiger partial charge in [0.2, 0.25) is 11.8 Å². The molecule has 0 bridgehead atoms. The van der Waals surface area contributed by atoms with Crippen LogP contribution in [-0.4, -0.2) is 33.0 Å². The lowest BCUT2D eigenvalue weighted by atomic mass is 9.83. The van der Waals surface area contributed by atoms with Crippen molar-refractivity contribution in [3.8, 4) is 0 Å². The van der Waals surface area contributed by atoms with E-state index in [4.69, 9.17) is 4.74 Å². The van der Waals surface area contributed by atoms with E-state index in [1.807, 2.05) is 0 Å². The molecular formula is C15H14BrF3N4O3. The molecule has 140 valence electrons. The maximum atomic E-state index is 13.2. The molecule has 0 radical (unpaired) electrons. The van der Waals surface area contributed by atoms with E-state index in [1.54, 1.807) is 24.3 Å². The third-order valence-electron chi connectivity index (χ3n) is 4.26. The van der Waals surface area contributed by atoms with Crippen molar-refractivity contribution in [2.75, 3.05) is 12.4 Å². The number of rotatable bonds is 2. The third kappa shape index (κ3) is 2.94. The van der Waals surface area contributed by atoms with Gasteiger partial charge in [0.15, 0.2) is 5.72 Å². The number of carbonyl (C=O) groups excluding carboxylic acids is 1. The highest BCUT2D eigenvalue weighted by atomic mass is 79.9. The number of carbonyl (C=O) groups is 1. The van der Waals surface area contributed by atoms with Gasteiger partial charge in [-0.1, -0.05) is 28.1 Å². The first kappa shape index (κ1) is 18.6. The first-order chi connectivity index (χ1) is 12.1. The largest absolute Gasteiger partial charge is 0.469 e. The maximum Gasteiger partial charge on any atom is 0.451 e. The van der Waals surface area contributed by atoms with Gasteiger partial charge in [0.05, 0.1) is 13.2 Å². The number of hydrogen-bond acceptors (Lipinski definition) is 6. The smallest absolute Gasteiger partial charge is 0.451 e. The quantitative estimate of drug-likeness (QED) is 0.706. The Balaban J connectivity index is 2.18. The van der Waals surface area contributed by atoms with Crippen molar-refractivity contribution in [2.45, 2.75) is 24.9 Å². The van der Waals surface area contributed by atoms with Gasteiger partial charge in [0.25, 0.3) is 0 Å². The minimum absolute atomic E-state index is 0.296. The highest BCUT2D eigenvalue weighted by molar-refractivity contribution is 9.10. The number of nitrogens with zero attached hydrogens (tertiary/aromatic N) is 3. The van der Waals surface area contributed by atoms with Crippen LogP contribution in [0.5, 0.6) is 0 Å². The number of methoxy groups -OCH3 is 1. The molecule has 0 saturated heterocycles. The number of aliphatic hydroxyl groups is 1. The van der Waals surface area contributed by atoms with Crippen LogP contribution in [0.25, 0.3) is 0 Å². The number of ether oxygens (including phenoxy) is 1. The predicted octanol–water partition coefficient (Wildman–Crippen LogP) is 2.68. The summed E-state index contributed by atoms with van der Waals surface area (Å²) in [4.78, 5) is 12.4. The first-order valence-electron chi connectivity index (χ1n) is 7.42. The molecule has 0 spiro atoms. The van der Waals surface area contributed by atoms with E-state index in [0.717, 1.165) is 18.5 Å². The molecule has 0 aliphatic carbocycles. The maximum absolute atomic E-state index is 13.2. The summed E-state index contributed by atoms with van der Waals surface area (Å²) in [5, 5.41) is 20.3.